The summed E-state index contributed by atoms with van der Waals surface area (Å²) in [4.78, 5) is 11.3. The summed E-state index contributed by atoms with van der Waals surface area (Å²) in [6, 6.07) is 0. The van der Waals surface area contributed by atoms with E-state index in [4.69, 9.17) is 0 Å². The molecule has 0 saturated heterocycles. The molecule has 0 aromatic rings. The van der Waals surface area contributed by atoms with Crippen LogP contribution in [0.25, 0.3) is 0 Å². The topological polar surface area (TPSA) is 86.3 Å². The Hall–Kier alpha value is -0.660. The van der Waals surface area contributed by atoms with Gasteiger partial charge in [-0.1, -0.05) is 33.6 Å². The zero-order chi connectivity index (χ0) is 28.9. The summed E-state index contributed by atoms with van der Waals surface area (Å²) >= 11 is 0. The molecule has 0 heterocycles. The van der Waals surface area contributed by atoms with Crippen LogP contribution in [0.1, 0.15) is 118 Å². The van der Waals surface area contributed by atoms with Gasteiger partial charge in [-0.05, 0) is 104 Å². The normalized spacial score (nSPS) is 37.9. The lowest BCUT2D eigenvalue weighted by molar-refractivity contribution is -0.922. The Kier molecular flexibility index (Phi) is 8.99. The van der Waals surface area contributed by atoms with E-state index in [-0.39, 0.29) is 10.4 Å². The predicted octanol–water partition coefficient (Wildman–Crippen LogP) is 6.32. The molecule has 0 aromatic heterocycles. The molecule has 1 N–H and O–H groups in total. The maximum Gasteiger partial charge on any atom is 0.220 e. The van der Waals surface area contributed by atoms with Crippen LogP contribution in [0.3, 0.4) is 0 Å². The Morgan fingerprint density at radius 1 is 1.00 bits per heavy atom. The van der Waals surface area contributed by atoms with E-state index in [2.05, 4.69) is 26.1 Å². The SMILES string of the molecule is C[C@H](CCC(=O)NCCC[N+](C)(C)C(C)(C)S(=O)(=O)[O-])[C@H]1CCC2C3CCC4CCCC[C@]4(C)C3CC[C@@]21C. The van der Waals surface area contributed by atoms with Gasteiger partial charge in [0.2, 0.25) is 5.91 Å². The molecule has 39 heavy (non-hydrogen) atoms. The minimum Gasteiger partial charge on any atom is -0.743 e. The summed E-state index contributed by atoms with van der Waals surface area (Å²) in [5.74, 6) is 5.09. The number of carbonyl (C=O) groups is 1. The Morgan fingerprint density at radius 3 is 2.38 bits per heavy atom. The highest BCUT2D eigenvalue weighted by atomic mass is 32.2. The van der Waals surface area contributed by atoms with Gasteiger partial charge in [0.15, 0.2) is 15.0 Å². The molecule has 7 heteroatoms. The van der Waals surface area contributed by atoms with Crippen molar-refractivity contribution in [2.75, 3.05) is 27.2 Å². The van der Waals surface area contributed by atoms with Crippen LogP contribution in [0.15, 0.2) is 0 Å². The third-order valence-electron chi connectivity index (χ3n) is 13.5. The second kappa shape index (κ2) is 11.2. The van der Waals surface area contributed by atoms with Crippen LogP contribution in [-0.2, 0) is 14.9 Å². The fourth-order valence-corrected chi connectivity index (χ4v) is 10.9. The molecule has 4 rings (SSSR count). The van der Waals surface area contributed by atoms with E-state index >= 15 is 0 Å². The first-order valence-electron chi connectivity index (χ1n) is 16.1. The fourth-order valence-electron chi connectivity index (χ4n) is 10.2. The maximum absolute atomic E-state index is 12.7. The van der Waals surface area contributed by atoms with Crippen molar-refractivity contribution in [3.05, 3.63) is 0 Å². The second-order valence-electron chi connectivity index (χ2n) is 15.7. The largest absolute Gasteiger partial charge is 0.743 e. The first-order valence-corrected chi connectivity index (χ1v) is 17.5. The van der Waals surface area contributed by atoms with Crippen molar-refractivity contribution in [2.45, 2.75) is 123 Å². The van der Waals surface area contributed by atoms with Crippen LogP contribution in [0.5, 0.6) is 0 Å². The Balaban J connectivity index is 1.25. The van der Waals surface area contributed by atoms with Crippen molar-refractivity contribution in [1.82, 2.24) is 5.32 Å². The minimum atomic E-state index is -4.43. The van der Waals surface area contributed by atoms with Gasteiger partial charge in [0.1, 0.15) is 0 Å². The van der Waals surface area contributed by atoms with Crippen molar-refractivity contribution < 1.29 is 22.2 Å². The van der Waals surface area contributed by atoms with E-state index < -0.39 is 15.0 Å². The quantitative estimate of drug-likeness (QED) is 0.191. The van der Waals surface area contributed by atoms with Crippen molar-refractivity contribution in [1.29, 1.82) is 0 Å². The summed E-state index contributed by atoms with van der Waals surface area (Å²) in [7, 11) is -0.900. The van der Waals surface area contributed by atoms with Gasteiger partial charge in [0.05, 0.1) is 20.6 Å². The molecule has 0 aliphatic heterocycles. The Morgan fingerprint density at radius 2 is 1.69 bits per heavy atom. The van der Waals surface area contributed by atoms with Crippen LogP contribution in [0, 0.1) is 46.3 Å². The van der Waals surface area contributed by atoms with Crippen LogP contribution in [0.4, 0.5) is 0 Å². The minimum absolute atomic E-state index is 0.0782. The van der Waals surface area contributed by atoms with Gasteiger partial charge in [-0.25, -0.2) is 8.42 Å². The maximum atomic E-state index is 12.7. The first kappa shape index (κ1) is 31.3. The number of amides is 1. The lowest BCUT2D eigenvalue weighted by Crippen LogP contribution is -2.60. The number of hydrogen-bond acceptors (Lipinski definition) is 4. The number of nitrogens with one attached hydrogen (secondary N) is 1. The summed E-state index contributed by atoms with van der Waals surface area (Å²) in [6.45, 7) is 11.7. The van der Waals surface area contributed by atoms with E-state index in [1.54, 1.807) is 14.1 Å². The molecule has 4 unspecified atom stereocenters. The molecule has 226 valence electrons. The standard InChI is InChI=1S/C32H58N2O4S/c1-23(12-17-29(35)33-21-10-22-34(6,7)30(2,3)39(36,37)38)26-15-16-27-25-14-13-24-11-8-9-19-31(24,4)28(25)18-20-32(26,27)5/h23-28H,8-22H2,1-7H3,(H-,33,35,36,37,38)/t23-,24?,25?,26-,27?,28?,31+,32-/m1/s1. The zero-order valence-electron chi connectivity index (χ0n) is 26.1. The van der Waals surface area contributed by atoms with Crippen molar-refractivity contribution in [3.63, 3.8) is 0 Å². The summed E-state index contributed by atoms with van der Waals surface area (Å²) in [5, 5.41) is 3.05. The van der Waals surface area contributed by atoms with Gasteiger partial charge < -0.3 is 14.4 Å². The van der Waals surface area contributed by atoms with Gasteiger partial charge >= 0.3 is 0 Å². The van der Waals surface area contributed by atoms with Crippen LogP contribution in [0.2, 0.25) is 0 Å². The van der Waals surface area contributed by atoms with E-state index in [1.807, 2.05) is 0 Å². The highest BCUT2D eigenvalue weighted by Gasteiger charge is 2.60. The lowest BCUT2D eigenvalue weighted by Gasteiger charge is -2.61. The van der Waals surface area contributed by atoms with Crippen molar-refractivity contribution in [3.8, 4) is 0 Å². The molecule has 4 aliphatic rings. The zero-order valence-corrected chi connectivity index (χ0v) is 26.9. The summed E-state index contributed by atoms with van der Waals surface area (Å²) in [6.07, 6.45) is 16.4. The molecular weight excluding hydrogens is 508 g/mol. The number of hydrogen-bond donors (Lipinski definition) is 1. The van der Waals surface area contributed by atoms with Gasteiger partial charge in [-0.15, -0.1) is 0 Å². The number of nitrogens with zero attached hydrogens (tertiary/aromatic N) is 1. The number of rotatable bonds is 10. The van der Waals surface area contributed by atoms with E-state index in [9.17, 15) is 17.8 Å². The fraction of sp³-hybridized carbons (Fsp3) is 0.969. The Labute approximate surface area is 239 Å². The predicted molar refractivity (Wildman–Crippen MR) is 157 cm³/mol. The molecule has 4 fully saturated rings. The van der Waals surface area contributed by atoms with Crippen LogP contribution >= 0.6 is 0 Å². The molecule has 0 radical (unpaired) electrons. The van der Waals surface area contributed by atoms with Gasteiger partial charge in [0.25, 0.3) is 0 Å². The molecule has 4 saturated carbocycles. The second-order valence-corrected chi connectivity index (χ2v) is 17.6. The monoisotopic (exact) mass is 566 g/mol. The average molecular weight is 567 g/mol. The highest BCUT2D eigenvalue weighted by molar-refractivity contribution is 7.86. The summed E-state index contributed by atoms with van der Waals surface area (Å²) in [5.41, 5.74) is 1.03. The van der Waals surface area contributed by atoms with Gasteiger partial charge in [0, 0.05) is 33.2 Å². The summed E-state index contributed by atoms with van der Waals surface area (Å²) < 4.78 is 35.2. The first-order chi connectivity index (χ1) is 18.0. The van der Waals surface area contributed by atoms with Crippen LogP contribution < -0.4 is 5.32 Å². The van der Waals surface area contributed by atoms with Gasteiger partial charge in [-0.3, -0.25) is 4.79 Å². The average Bonchev–Trinajstić information content (AvgIpc) is 3.21. The van der Waals surface area contributed by atoms with Crippen molar-refractivity contribution >= 4 is 16.0 Å². The third-order valence-corrected chi connectivity index (χ3v) is 15.2. The number of carbonyl (C=O) groups excluding carboxylic acids is 1. The lowest BCUT2D eigenvalue weighted by atomic mass is 9.44. The smallest absolute Gasteiger partial charge is 0.220 e. The molecule has 0 aromatic carbocycles. The van der Waals surface area contributed by atoms with Gasteiger partial charge in [-0.2, -0.15) is 0 Å². The molecule has 4 aliphatic carbocycles. The number of fused-ring (bicyclic) bond motifs is 5. The van der Waals surface area contributed by atoms with E-state index in [1.165, 1.54) is 78.1 Å². The molecule has 6 nitrogen and oxygen atoms in total. The van der Waals surface area contributed by atoms with Crippen LogP contribution in [-0.4, -0.2) is 55.4 Å². The molecule has 0 bridgehead atoms. The van der Waals surface area contributed by atoms with Crippen molar-refractivity contribution in [2.24, 2.45) is 46.3 Å². The molecular formula is C32H58N2O4S. The highest BCUT2D eigenvalue weighted by Crippen LogP contribution is 2.68. The molecule has 0 spiro atoms. The third kappa shape index (κ3) is 5.71. The molecule has 1 amide bonds. The Bertz CT molecular complexity index is 994. The molecule has 8 atom stereocenters. The van der Waals surface area contributed by atoms with E-state index in [0.717, 1.165) is 36.0 Å². The van der Waals surface area contributed by atoms with E-state index in [0.29, 0.717) is 42.7 Å². The number of quaternary nitrogens is 1.